The molecule has 0 aromatic heterocycles. The molecule has 2 aromatic rings. The van der Waals surface area contributed by atoms with Gasteiger partial charge in [-0.3, -0.25) is 9.59 Å². The highest BCUT2D eigenvalue weighted by Gasteiger charge is 2.19. The van der Waals surface area contributed by atoms with E-state index in [9.17, 15) is 14.7 Å². The Morgan fingerprint density at radius 2 is 1.62 bits per heavy atom. The van der Waals surface area contributed by atoms with Crippen molar-refractivity contribution in [2.45, 2.75) is 19.1 Å². The van der Waals surface area contributed by atoms with E-state index >= 15 is 0 Å². The van der Waals surface area contributed by atoms with E-state index in [1.165, 1.54) is 13.1 Å². The van der Waals surface area contributed by atoms with Crippen molar-refractivity contribution < 1.29 is 14.7 Å². The van der Waals surface area contributed by atoms with E-state index in [1.54, 1.807) is 49.4 Å². The summed E-state index contributed by atoms with van der Waals surface area (Å²) in [5, 5.41) is 16.2. The number of nitrogens with one attached hydrogen (secondary N) is 2. The van der Waals surface area contributed by atoms with E-state index < -0.39 is 12.1 Å². The van der Waals surface area contributed by atoms with Gasteiger partial charge in [0.25, 0.3) is 11.8 Å². The molecule has 0 saturated carbocycles. The summed E-state index contributed by atoms with van der Waals surface area (Å²) in [6.07, 6.45) is -0.867. The zero-order valence-corrected chi connectivity index (χ0v) is 14.2. The number of aliphatic hydroxyl groups is 1. The molecule has 2 unspecified atom stereocenters. The molecule has 0 fully saturated rings. The summed E-state index contributed by atoms with van der Waals surface area (Å²) in [6, 6.07) is 12.7. The first-order valence-electron chi connectivity index (χ1n) is 7.49. The van der Waals surface area contributed by atoms with Gasteiger partial charge in [-0.1, -0.05) is 29.8 Å². The number of benzene rings is 2. The number of aliphatic hydroxyl groups excluding tert-OH is 1. The average molecular weight is 347 g/mol. The van der Waals surface area contributed by atoms with Crippen LogP contribution in [0, 0.1) is 0 Å². The Kier molecular flexibility index (Phi) is 5.95. The summed E-state index contributed by atoms with van der Waals surface area (Å²) in [5.41, 5.74) is 1.41. The minimum atomic E-state index is -0.867. The molecule has 2 atom stereocenters. The molecule has 2 amide bonds. The molecule has 126 valence electrons. The van der Waals surface area contributed by atoms with Crippen molar-refractivity contribution in [2.75, 3.05) is 7.05 Å². The first kappa shape index (κ1) is 18.0. The second-order valence-electron chi connectivity index (χ2n) is 5.42. The van der Waals surface area contributed by atoms with Crippen LogP contribution in [-0.2, 0) is 0 Å². The number of rotatable bonds is 5. The smallest absolute Gasteiger partial charge is 0.251 e. The molecular weight excluding hydrogens is 328 g/mol. The molecule has 0 aliphatic heterocycles. The molecule has 0 aliphatic carbocycles. The quantitative estimate of drug-likeness (QED) is 0.778. The van der Waals surface area contributed by atoms with Crippen LogP contribution in [0.1, 0.15) is 39.3 Å². The van der Waals surface area contributed by atoms with Crippen LogP contribution in [0.2, 0.25) is 5.02 Å². The van der Waals surface area contributed by atoms with Gasteiger partial charge in [-0.05, 0) is 42.8 Å². The normalized spacial score (nSPS) is 13.0. The van der Waals surface area contributed by atoms with Gasteiger partial charge in [0.2, 0.25) is 0 Å². The molecule has 0 aliphatic rings. The Morgan fingerprint density at radius 1 is 1.04 bits per heavy atom. The SMILES string of the molecule is CNC(=O)c1cccc(C(=O)NC(C)C(O)c2ccc(Cl)cc2)c1. The summed E-state index contributed by atoms with van der Waals surface area (Å²) in [5.74, 6) is -0.625. The van der Waals surface area contributed by atoms with Crippen molar-refractivity contribution in [1.29, 1.82) is 0 Å². The number of hydrogen-bond donors (Lipinski definition) is 3. The summed E-state index contributed by atoms with van der Waals surface area (Å²) in [6.45, 7) is 1.71. The standard InChI is InChI=1S/C18H19ClN2O3/c1-11(16(22)12-6-8-15(19)9-7-12)21-18(24)14-5-3-4-13(10-14)17(23)20-2/h3-11,16,22H,1-2H3,(H,20,23)(H,21,24). The number of hydrogen-bond acceptors (Lipinski definition) is 3. The van der Waals surface area contributed by atoms with Gasteiger partial charge < -0.3 is 15.7 Å². The molecule has 0 spiro atoms. The molecule has 2 rings (SSSR count). The van der Waals surface area contributed by atoms with Crippen molar-refractivity contribution in [2.24, 2.45) is 0 Å². The molecule has 5 nitrogen and oxygen atoms in total. The largest absolute Gasteiger partial charge is 0.386 e. The molecule has 0 heterocycles. The molecule has 3 N–H and O–H groups in total. The number of halogens is 1. The highest BCUT2D eigenvalue weighted by molar-refractivity contribution is 6.30. The molecule has 2 aromatic carbocycles. The van der Waals surface area contributed by atoms with Crippen LogP contribution in [0.3, 0.4) is 0 Å². The number of amides is 2. The Morgan fingerprint density at radius 3 is 2.21 bits per heavy atom. The molecule has 24 heavy (non-hydrogen) atoms. The van der Waals surface area contributed by atoms with Crippen LogP contribution in [-0.4, -0.2) is 30.0 Å². The zero-order chi connectivity index (χ0) is 17.7. The van der Waals surface area contributed by atoms with E-state index in [4.69, 9.17) is 11.6 Å². The fourth-order valence-electron chi connectivity index (χ4n) is 2.26. The van der Waals surface area contributed by atoms with Gasteiger partial charge in [-0.25, -0.2) is 0 Å². The van der Waals surface area contributed by atoms with Crippen molar-refractivity contribution in [3.05, 3.63) is 70.2 Å². The van der Waals surface area contributed by atoms with E-state index in [2.05, 4.69) is 10.6 Å². The topological polar surface area (TPSA) is 78.4 Å². The monoisotopic (exact) mass is 346 g/mol. The van der Waals surface area contributed by atoms with Crippen LogP contribution in [0.5, 0.6) is 0 Å². The summed E-state index contributed by atoms with van der Waals surface area (Å²) in [7, 11) is 1.53. The van der Waals surface area contributed by atoms with Crippen LogP contribution in [0.4, 0.5) is 0 Å². The lowest BCUT2D eigenvalue weighted by molar-refractivity contribution is 0.0852. The summed E-state index contributed by atoms with van der Waals surface area (Å²) in [4.78, 5) is 24.0. The molecule has 0 bridgehead atoms. The molecule has 0 radical (unpaired) electrons. The van der Waals surface area contributed by atoms with Gasteiger partial charge in [-0.2, -0.15) is 0 Å². The Hall–Kier alpha value is -2.37. The maximum atomic E-state index is 12.3. The summed E-state index contributed by atoms with van der Waals surface area (Å²) < 4.78 is 0. The minimum Gasteiger partial charge on any atom is -0.386 e. The van der Waals surface area contributed by atoms with Crippen LogP contribution in [0.25, 0.3) is 0 Å². The third-order valence-electron chi connectivity index (χ3n) is 3.66. The van der Waals surface area contributed by atoms with E-state index in [1.807, 2.05) is 0 Å². The lowest BCUT2D eigenvalue weighted by Crippen LogP contribution is -2.37. The molecular formula is C18H19ClN2O3. The zero-order valence-electron chi connectivity index (χ0n) is 13.4. The van der Waals surface area contributed by atoms with Crippen LogP contribution >= 0.6 is 11.6 Å². The van der Waals surface area contributed by atoms with Gasteiger partial charge in [0, 0.05) is 23.2 Å². The fourth-order valence-corrected chi connectivity index (χ4v) is 2.39. The third kappa shape index (κ3) is 4.34. The van der Waals surface area contributed by atoms with Crippen molar-refractivity contribution in [1.82, 2.24) is 10.6 Å². The molecule has 6 heteroatoms. The van der Waals surface area contributed by atoms with Gasteiger partial charge in [0.05, 0.1) is 12.1 Å². The van der Waals surface area contributed by atoms with Gasteiger partial charge in [0.15, 0.2) is 0 Å². The highest BCUT2D eigenvalue weighted by atomic mass is 35.5. The first-order chi connectivity index (χ1) is 11.4. The minimum absolute atomic E-state index is 0.265. The lowest BCUT2D eigenvalue weighted by atomic mass is 10.0. The predicted molar refractivity (Wildman–Crippen MR) is 93.2 cm³/mol. The number of carbonyl (C=O) groups is 2. The highest BCUT2D eigenvalue weighted by Crippen LogP contribution is 2.19. The van der Waals surface area contributed by atoms with Gasteiger partial charge >= 0.3 is 0 Å². The second-order valence-corrected chi connectivity index (χ2v) is 5.85. The number of carbonyl (C=O) groups excluding carboxylic acids is 2. The maximum Gasteiger partial charge on any atom is 0.251 e. The van der Waals surface area contributed by atoms with Gasteiger partial charge in [-0.15, -0.1) is 0 Å². The van der Waals surface area contributed by atoms with Crippen LogP contribution < -0.4 is 10.6 Å². The average Bonchev–Trinajstić information content (AvgIpc) is 2.61. The Bertz CT molecular complexity index is 731. The van der Waals surface area contributed by atoms with Crippen LogP contribution in [0.15, 0.2) is 48.5 Å². The Balaban J connectivity index is 2.08. The first-order valence-corrected chi connectivity index (χ1v) is 7.86. The van der Waals surface area contributed by atoms with E-state index in [0.29, 0.717) is 21.7 Å². The lowest BCUT2D eigenvalue weighted by Gasteiger charge is -2.21. The van der Waals surface area contributed by atoms with Gasteiger partial charge in [0.1, 0.15) is 0 Å². The maximum absolute atomic E-state index is 12.3. The molecule has 0 saturated heterocycles. The third-order valence-corrected chi connectivity index (χ3v) is 3.91. The summed E-state index contributed by atoms with van der Waals surface area (Å²) >= 11 is 5.83. The predicted octanol–water partition coefficient (Wildman–Crippen LogP) is 2.55. The van der Waals surface area contributed by atoms with E-state index in [0.717, 1.165) is 0 Å². The van der Waals surface area contributed by atoms with Crippen molar-refractivity contribution in [3.8, 4) is 0 Å². The fraction of sp³-hybridized carbons (Fsp3) is 0.222. The Labute approximate surface area is 145 Å². The van der Waals surface area contributed by atoms with Crippen molar-refractivity contribution in [3.63, 3.8) is 0 Å². The second kappa shape index (κ2) is 7.95. The van der Waals surface area contributed by atoms with Crippen molar-refractivity contribution >= 4 is 23.4 Å². The van der Waals surface area contributed by atoms with E-state index in [-0.39, 0.29) is 11.8 Å².